The van der Waals surface area contributed by atoms with E-state index in [-0.39, 0.29) is 23.2 Å². The van der Waals surface area contributed by atoms with Crippen LogP contribution in [-0.2, 0) is 9.53 Å². The molecule has 0 spiro atoms. The number of methoxy groups -OCH3 is 1. The molecule has 4 heteroatoms. The second-order valence-electron chi connectivity index (χ2n) is 16.8. The first-order valence-electron chi connectivity index (χ1n) is 18.1. The van der Waals surface area contributed by atoms with Gasteiger partial charge in [-0.25, -0.2) is 4.79 Å². The first-order chi connectivity index (χ1) is 21.2. The number of allylic oxidation sites excluding steroid dienone is 2. The second-order valence-corrected chi connectivity index (χ2v) is 16.8. The van der Waals surface area contributed by atoms with E-state index in [1.807, 2.05) is 0 Å². The van der Waals surface area contributed by atoms with Crippen LogP contribution in [0.1, 0.15) is 132 Å². The van der Waals surface area contributed by atoms with Gasteiger partial charge in [0.1, 0.15) is 6.10 Å². The molecule has 5 rings (SSSR count). The van der Waals surface area contributed by atoms with E-state index >= 15 is 0 Å². The predicted molar refractivity (Wildman–Crippen MR) is 185 cm³/mol. The van der Waals surface area contributed by atoms with Crippen molar-refractivity contribution < 1.29 is 19.4 Å². The normalized spacial score (nSPS) is 37.7. The lowest BCUT2D eigenvalue weighted by Gasteiger charge is -2.69. The minimum absolute atomic E-state index is 0.0549. The summed E-state index contributed by atoms with van der Waals surface area (Å²) in [6.45, 7) is 19.7. The van der Waals surface area contributed by atoms with Gasteiger partial charge in [-0.1, -0.05) is 59.3 Å². The highest BCUT2D eigenvalue weighted by molar-refractivity contribution is 5.87. The topological polar surface area (TPSA) is 55.8 Å². The Labute approximate surface area is 274 Å². The van der Waals surface area contributed by atoms with E-state index < -0.39 is 0 Å². The summed E-state index contributed by atoms with van der Waals surface area (Å²) in [6.07, 6.45) is 19.7. The van der Waals surface area contributed by atoms with E-state index in [1.165, 1.54) is 83.0 Å². The molecule has 1 aromatic carbocycles. The van der Waals surface area contributed by atoms with Crippen molar-refractivity contribution in [3.8, 4) is 11.5 Å². The van der Waals surface area contributed by atoms with Gasteiger partial charge in [0.05, 0.1) is 7.11 Å². The van der Waals surface area contributed by atoms with Crippen LogP contribution in [-0.4, -0.2) is 24.3 Å². The van der Waals surface area contributed by atoms with Gasteiger partial charge < -0.3 is 14.6 Å². The number of phenols is 1. The molecule has 1 N–H and O–H groups in total. The number of esters is 1. The summed E-state index contributed by atoms with van der Waals surface area (Å²) < 4.78 is 11.5. The number of hydrogen-bond donors (Lipinski definition) is 1. The number of ether oxygens (including phenoxy) is 2. The molecule has 0 heterocycles. The Morgan fingerprint density at radius 1 is 1.00 bits per heavy atom. The average Bonchev–Trinajstić information content (AvgIpc) is 3.28. The van der Waals surface area contributed by atoms with Gasteiger partial charge in [-0.2, -0.15) is 0 Å². The van der Waals surface area contributed by atoms with Crippen LogP contribution in [0.2, 0.25) is 0 Å². The molecular weight excluding hydrogens is 556 g/mol. The van der Waals surface area contributed by atoms with Crippen molar-refractivity contribution >= 4 is 12.0 Å². The molecule has 0 aliphatic heterocycles. The summed E-state index contributed by atoms with van der Waals surface area (Å²) in [5.41, 5.74) is 3.44. The standard InChI is InChI=1S/C41H62O4/c1-10-41-25-24-39(7)30(28(4)13-11-12-27(2)3)22-23-40(39,8)35(41)19-16-31-32(41)17-20-36(38(31,5)6)45-37(43)21-15-29-14-18-33(42)34(26-29)44-9/h12,14-15,18,21,26,28,30-32,35-36,42H,10-11,13,16-17,19-20,22-25H2,1-9H3/b21-15+/t28?,30?,31?,32?,35?,36-,39+,40?,41-/m0/s1. The van der Waals surface area contributed by atoms with Crippen LogP contribution in [0.3, 0.4) is 0 Å². The van der Waals surface area contributed by atoms with Crippen LogP contribution in [0.5, 0.6) is 11.5 Å². The van der Waals surface area contributed by atoms with Gasteiger partial charge in [0.15, 0.2) is 11.5 Å². The second kappa shape index (κ2) is 12.8. The van der Waals surface area contributed by atoms with E-state index in [2.05, 4.69) is 61.5 Å². The van der Waals surface area contributed by atoms with Crippen molar-refractivity contribution in [2.75, 3.05) is 7.11 Å². The fraction of sp³-hybridized carbons (Fsp3) is 0.732. The maximum Gasteiger partial charge on any atom is 0.331 e. The molecule has 0 bridgehead atoms. The molecule has 0 saturated heterocycles. The van der Waals surface area contributed by atoms with Gasteiger partial charge in [-0.3, -0.25) is 0 Å². The monoisotopic (exact) mass is 618 g/mol. The smallest absolute Gasteiger partial charge is 0.331 e. The lowest BCUT2D eigenvalue weighted by Crippen LogP contribution is -2.63. The Kier molecular flexibility index (Phi) is 9.67. The highest BCUT2D eigenvalue weighted by Crippen LogP contribution is 2.76. The third kappa shape index (κ3) is 5.80. The predicted octanol–water partition coefficient (Wildman–Crippen LogP) is 10.8. The Morgan fingerprint density at radius 2 is 1.73 bits per heavy atom. The number of hydrogen-bond acceptors (Lipinski definition) is 4. The molecule has 4 aliphatic carbocycles. The first kappa shape index (κ1) is 34.1. The minimum atomic E-state index is -0.283. The molecular formula is C41H62O4. The summed E-state index contributed by atoms with van der Waals surface area (Å²) in [5.74, 6) is 3.91. The van der Waals surface area contributed by atoms with Crippen molar-refractivity contribution in [2.24, 2.45) is 51.2 Å². The first-order valence-corrected chi connectivity index (χ1v) is 18.1. The zero-order chi connectivity index (χ0) is 32.8. The molecule has 4 saturated carbocycles. The Morgan fingerprint density at radius 3 is 2.42 bits per heavy atom. The van der Waals surface area contributed by atoms with Gasteiger partial charge in [0.2, 0.25) is 0 Å². The van der Waals surface area contributed by atoms with Crippen LogP contribution in [0.4, 0.5) is 0 Å². The number of benzene rings is 1. The largest absolute Gasteiger partial charge is 0.504 e. The maximum absolute atomic E-state index is 13.1. The van der Waals surface area contributed by atoms with Gasteiger partial charge in [0, 0.05) is 11.5 Å². The molecule has 4 aliphatic rings. The third-order valence-electron chi connectivity index (χ3n) is 14.6. The highest BCUT2D eigenvalue weighted by Gasteiger charge is 2.69. The highest BCUT2D eigenvalue weighted by atomic mass is 16.5. The summed E-state index contributed by atoms with van der Waals surface area (Å²) in [5, 5.41) is 9.90. The summed E-state index contributed by atoms with van der Waals surface area (Å²) in [7, 11) is 1.52. The van der Waals surface area contributed by atoms with Crippen molar-refractivity contribution in [3.05, 3.63) is 41.5 Å². The molecule has 0 radical (unpaired) electrons. The number of fused-ring (bicyclic) bond motifs is 5. The van der Waals surface area contributed by atoms with Crippen LogP contribution >= 0.6 is 0 Å². The molecule has 0 aromatic heterocycles. The Balaban J connectivity index is 1.31. The number of carbonyl (C=O) groups is 1. The van der Waals surface area contributed by atoms with Crippen LogP contribution < -0.4 is 4.74 Å². The van der Waals surface area contributed by atoms with Crippen LogP contribution in [0, 0.1) is 51.2 Å². The van der Waals surface area contributed by atoms with Crippen molar-refractivity contribution in [1.82, 2.24) is 0 Å². The molecule has 6 unspecified atom stereocenters. The zero-order valence-electron chi connectivity index (χ0n) is 29.9. The van der Waals surface area contributed by atoms with E-state index in [1.54, 1.807) is 24.3 Å². The van der Waals surface area contributed by atoms with Crippen molar-refractivity contribution in [2.45, 2.75) is 132 Å². The Bertz CT molecular complexity index is 1290. The van der Waals surface area contributed by atoms with Gasteiger partial charge in [0.25, 0.3) is 0 Å². The summed E-state index contributed by atoms with van der Waals surface area (Å²) >= 11 is 0. The third-order valence-corrected chi connectivity index (χ3v) is 14.6. The lowest BCUT2D eigenvalue weighted by molar-refractivity contribution is -0.215. The van der Waals surface area contributed by atoms with E-state index in [0.29, 0.717) is 33.8 Å². The van der Waals surface area contributed by atoms with Crippen LogP contribution in [0.25, 0.3) is 6.08 Å². The van der Waals surface area contributed by atoms with Gasteiger partial charge >= 0.3 is 5.97 Å². The minimum Gasteiger partial charge on any atom is -0.504 e. The summed E-state index contributed by atoms with van der Waals surface area (Å²) in [6, 6.07) is 5.08. The lowest BCUT2D eigenvalue weighted by atomic mass is 9.36. The fourth-order valence-electron chi connectivity index (χ4n) is 11.9. The van der Waals surface area contributed by atoms with E-state index in [9.17, 15) is 9.90 Å². The summed E-state index contributed by atoms with van der Waals surface area (Å²) in [4.78, 5) is 13.1. The van der Waals surface area contributed by atoms with Crippen molar-refractivity contribution in [3.63, 3.8) is 0 Å². The van der Waals surface area contributed by atoms with E-state index in [4.69, 9.17) is 9.47 Å². The van der Waals surface area contributed by atoms with E-state index in [0.717, 1.165) is 29.7 Å². The Hall–Kier alpha value is -2.23. The fourth-order valence-corrected chi connectivity index (χ4v) is 11.9. The number of rotatable bonds is 9. The van der Waals surface area contributed by atoms with Gasteiger partial charge in [-0.15, -0.1) is 0 Å². The maximum atomic E-state index is 13.1. The molecule has 4 nitrogen and oxygen atoms in total. The quantitative estimate of drug-likeness (QED) is 0.170. The average molecular weight is 619 g/mol. The van der Waals surface area contributed by atoms with Gasteiger partial charge in [-0.05, 0) is 154 Å². The number of carbonyl (C=O) groups excluding carboxylic acids is 1. The molecule has 1 aromatic rings. The molecule has 9 atom stereocenters. The molecule has 45 heavy (non-hydrogen) atoms. The molecule has 250 valence electrons. The SMILES string of the molecule is CC[C@@]12CC[C@]3(C)C(C(C)CCC=C(C)C)CCC3(C)C1CCC1C2CC[C@H](OC(=O)/C=C/c2ccc(O)c(OC)c2)C1(C)C. The molecule has 0 amide bonds. The molecule has 4 fully saturated rings. The van der Waals surface area contributed by atoms with Crippen LogP contribution in [0.15, 0.2) is 35.9 Å². The van der Waals surface area contributed by atoms with Crippen molar-refractivity contribution in [1.29, 1.82) is 0 Å². The number of phenolic OH excluding ortho intramolecular Hbond substituents is 1. The zero-order valence-corrected chi connectivity index (χ0v) is 29.9. The number of aromatic hydroxyl groups is 1.